The zero-order chi connectivity index (χ0) is 8.97. The predicted molar refractivity (Wildman–Crippen MR) is 53.9 cm³/mol. The SMILES string of the molecule is C=C1NCCC/C1=C(C)/C=C\C. The van der Waals surface area contributed by atoms with Crippen LogP contribution in [0.3, 0.4) is 0 Å². The number of hydrogen-bond donors (Lipinski definition) is 1. The third-order valence-corrected chi connectivity index (χ3v) is 2.20. The summed E-state index contributed by atoms with van der Waals surface area (Å²) in [5.41, 5.74) is 3.84. The van der Waals surface area contributed by atoms with E-state index in [0.29, 0.717) is 0 Å². The van der Waals surface area contributed by atoms with Crippen LogP contribution in [-0.2, 0) is 0 Å². The van der Waals surface area contributed by atoms with Gasteiger partial charge in [-0.3, -0.25) is 0 Å². The zero-order valence-electron chi connectivity index (χ0n) is 7.98. The lowest BCUT2D eigenvalue weighted by atomic mass is 9.98. The van der Waals surface area contributed by atoms with Gasteiger partial charge in [0.1, 0.15) is 0 Å². The van der Waals surface area contributed by atoms with Gasteiger partial charge in [-0.05, 0) is 37.8 Å². The molecule has 0 radical (unpaired) electrons. The maximum Gasteiger partial charge on any atom is 0.0302 e. The van der Waals surface area contributed by atoms with Crippen molar-refractivity contribution in [1.29, 1.82) is 0 Å². The number of nitrogens with one attached hydrogen (secondary N) is 1. The van der Waals surface area contributed by atoms with Crippen LogP contribution in [0.5, 0.6) is 0 Å². The van der Waals surface area contributed by atoms with Gasteiger partial charge in [-0.1, -0.05) is 18.7 Å². The lowest BCUT2D eigenvalue weighted by Crippen LogP contribution is -2.21. The summed E-state index contributed by atoms with van der Waals surface area (Å²) in [5, 5.41) is 3.29. The molecule has 0 amide bonds. The van der Waals surface area contributed by atoms with Gasteiger partial charge in [0, 0.05) is 12.2 Å². The van der Waals surface area contributed by atoms with Crippen molar-refractivity contribution in [3.63, 3.8) is 0 Å². The minimum Gasteiger partial charge on any atom is -0.385 e. The van der Waals surface area contributed by atoms with Gasteiger partial charge >= 0.3 is 0 Å². The molecule has 0 aromatic carbocycles. The number of piperidine rings is 1. The number of hydrogen-bond acceptors (Lipinski definition) is 1. The standard InChI is InChI=1S/C11H17N/c1-4-6-9(2)11-7-5-8-12-10(11)3/h4,6,12H,3,5,7-8H2,1-2H3/b6-4-,11-9-. The minimum atomic E-state index is 1.07. The Morgan fingerprint density at radius 3 is 2.92 bits per heavy atom. The molecule has 1 saturated heterocycles. The molecule has 1 aliphatic rings. The largest absolute Gasteiger partial charge is 0.385 e. The average molecular weight is 163 g/mol. The Balaban J connectivity index is 2.82. The Morgan fingerprint density at radius 2 is 2.33 bits per heavy atom. The van der Waals surface area contributed by atoms with Crippen LogP contribution >= 0.6 is 0 Å². The predicted octanol–water partition coefficient (Wildman–Crippen LogP) is 2.78. The normalized spacial score (nSPS) is 22.7. The van der Waals surface area contributed by atoms with Gasteiger partial charge in [0.2, 0.25) is 0 Å². The highest BCUT2D eigenvalue weighted by Crippen LogP contribution is 2.21. The van der Waals surface area contributed by atoms with Crippen molar-refractivity contribution in [2.75, 3.05) is 6.54 Å². The molecule has 66 valence electrons. The molecule has 0 aromatic heterocycles. The Bertz CT molecular complexity index is 233. The maximum atomic E-state index is 4.00. The first kappa shape index (κ1) is 9.11. The highest BCUT2D eigenvalue weighted by molar-refractivity contribution is 5.37. The summed E-state index contributed by atoms with van der Waals surface area (Å²) in [5.74, 6) is 0. The maximum absolute atomic E-state index is 4.00. The summed E-state index contributed by atoms with van der Waals surface area (Å²) in [6.07, 6.45) is 6.61. The van der Waals surface area contributed by atoms with Crippen LogP contribution in [0.15, 0.2) is 35.6 Å². The molecule has 1 nitrogen and oxygen atoms in total. The number of allylic oxidation sites excluding steroid dienone is 4. The summed E-state index contributed by atoms with van der Waals surface area (Å²) < 4.78 is 0. The van der Waals surface area contributed by atoms with Gasteiger partial charge in [0.25, 0.3) is 0 Å². The van der Waals surface area contributed by atoms with Gasteiger partial charge in [-0.15, -0.1) is 0 Å². The van der Waals surface area contributed by atoms with Crippen molar-refractivity contribution in [3.8, 4) is 0 Å². The van der Waals surface area contributed by atoms with Crippen LogP contribution < -0.4 is 5.32 Å². The van der Waals surface area contributed by atoms with Gasteiger partial charge in [-0.2, -0.15) is 0 Å². The first-order valence-corrected chi connectivity index (χ1v) is 4.51. The fraction of sp³-hybridized carbons (Fsp3) is 0.455. The van der Waals surface area contributed by atoms with Crippen molar-refractivity contribution in [3.05, 3.63) is 35.6 Å². The molecule has 1 N–H and O–H groups in total. The van der Waals surface area contributed by atoms with Gasteiger partial charge in [0.05, 0.1) is 0 Å². The fourth-order valence-electron chi connectivity index (χ4n) is 1.55. The monoisotopic (exact) mass is 163 g/mol. The molecule has 0 aromatic rings. The van der Waals surface area contributed by atoms with E-state index in [1.54, 1.807) is 0 Å². The van der Waals surface area contributed by atoms with Crippen LogP contribution in [0, 0.1) is 0 Å². The van der Waals surface area contributed by atoms with Crippen molar-refractivity contribution >= 4 is 0 Å². The fourth-order valence-corrected chi connectivity index (χ4v) is 1.55. The van der Waals surface area contributed by atoms with Crippen LogP contribution in [0.4, 0.5) is 0 Å². The summed E-state index contributed by atoms with van der Waals surface area (Å²) in [6.45, 7) is 9.26. The summed E-state index contributed by atoms with van der Waals surface area (Å²) in [6, 6.07) is 0. The molecule has 0 saturated carbocycles. The van der Waals surface area contributed by atoms with Gasteiger partial charge in [-0.25, -0.2) is 0 Å². The van der Waals surface area contributed by atoms with E-state index >= 15 is 0 Å². The van der Waals surface area contributed by atoms with E-state index in [0.717, 1.165) is 12.2 Å². The number of rotatable bonds is 1. The van der Waals surface area contributed by atoms with Gasteiger partial charge in [0.15, 0.2) is 0 Å². The second kappa shape index (κ2) is 4.15. The molecule has 0 aliphatic carbocycles. The third kappa shape index (κ3) is 2.00. The topological polar surface area (TPSA) is 12.0 Å². The van der Waals surface area contributed by atoms with E-state index in [9.17, 15) is 0 Å². The molecule has 0 spiro atoms. The lowest BCUT2D eigenvalue weighted by Gasteiger charge is -2.20. The van der Waals surface area contributed by atoms with Crippen LogP contribution in [0.25, 0.3) is 0 Å². The summed E-state index contributed by atoms with van der Waals surface area (Å²) in [7, 11) is 0. The Hall–Kier alpha value is -0.980. The first-order chi connectivity index (χ1) is 5.75. The van der Waals surface area contributed by atoms with E-state index in [4.69, 9.17) is 0 Å². The van der Waals surface area contributed by atoms with Crippen molar-refractivity contribution in [2.45, 2.75) is 26.7 Å². The summed E-state index contributed by atoms with van der Waals surface area (Å²) in [4.78, 5) is 0. The molecule has 0 bridgehead atoms. The van der Waals surface area contributed by atoms with E-state index in [2.05, 4.69) is 31.0 Å². The van der Waals surface area contributed by atoms with E-state index < -0.39 is 0 Å². The molecule has 1 rings (SSSR count). The molecule has 1 heterocycles. The minimum absolute atomic E-state index is 1.07. The zero-order valence-corrected chi connectivity index (χ0v) is 7.98. The first-order valence-electron chi connectivity index (χ1n) is 4.51. The quantitative estimate of drug-likeness (QED) is 0.626. The Labute approximate surface area is 74.9 Å². The molecule has 0 atom stereocenters. The Kier molecular flexibility index (Phi) is 3.15. The average Bonchev–Trinajstić information content (AvgIpc) is 2.05. The van der Waals surface area contributed by atoms with Crippen LogP contribution in [0.1, 0.15) is 26.7 Å². The molecule has 1 heteroatoms. The lowest BCUT2D eigenvalue weighted by molar-refractivity contribution is 0.667. The molecule has 0 unspecified atom stereocenters. The molecular formula is C11H17N. The van der Waals surface area contributed by atoms with Crippen LogP contribution in [0.2, 0.25) is 0 Å². The van der Waals surface area contributed by atoms with E-state index in [1.165, 1.54) is 24.0 Å². The third-order valence-electron chi connectivity index (χ3n) is 2.20. The summed E-state index contributed by atoms with van der Waals surface area (Å²) >= 11 is 0. The van der Waals surface area contributed by atoms with Crippen molar-refractivity contribution in [2.24, 2.45) is 0 Å². The second-order valence-electron chi connectivity index (χ2n) is 3.17. The van der Waals surface area contributed by atoms with E-state index in [1.807, 2.05) is 6.92 Å². The second-order valence-corrected chi connectivity index (χ2v) is 3.17. The highest BCUT2D eigenvalue weighted by atomic mass is 14.9. The molecular weight excluding hydrogens is 146 g/mol. The molecule has 12 heavy (non-hydrogen) atoms. The molecule has 1 fully saturated rings. The Morgan fingerprint density at radius 1 is 1.58 bits per heavy atom. The van der Waals surface area contributed by atoms with Crippen LogP contribution in [-0.4, -0.2) is 6.54 Å². The van der Waals surface area contributed by atoms with Crippen molar-refractivity contribution in [1.82, 2.24) is 5.32 Å². The molecule has 1 aliphatic heterocycles. The van der Waals surface area contributed by atoms with Gasteiger partial charge < -0.3 is 5.32 Å². The van der Waals surface area contributed by atoms with Crippen molar-refractivity contribution < 1.29 is 0 Å². The highest BCUT2D eigenvalue weighted by Gasteiger charge is 2.09. The van der Waals surface area contributed by atoms with E-state index in [-0.39, 0.29) is 0 Å². The smallest absolute Gasteiger partial charge is 0.0302 e.